The van der Waals surface area contributed by atoms with Crippen molar-refractivity contribution in [2.24, 2.45) is 0 Å². The predicted molar refractivity (Wildman–Crippen MR) is 179 cm³/mol. The highest BCUT2D eigenvalue weighted by Crippen LogP contribution is 2.43. The van der Waals surface area contributed by atoms with Crippen molar-refractivity contribution in [2.75, 3.05) is 19.5 Å². The zero-order chi connectivity index (χ0) is 32.8. The summed E-state index contributed by atoms with van der Waals surface area (Å²) < 4.78 is 40.1. The lowest BCUT2D eigenvalue weighted by Gasteiger charge is -2.41. The van der Waals surface area contributed by atoms with E-state index in [4.69, 9.17) is 18.9 Å². The number of anilines is 1. The molecule has 1 fully saturated rings. The SMILES string of the molecule is COC(CC1CC(CCn2c(-c3ccc(F)cc3)c(-c3ccccc3)c(C(=O)Nc3ccccc3)c2C(C)C)OC(C)(C)O1)OC. The van der Waals surface area contributed by atoms with Crippen molar-refractivity contribution in [3.63, 3.8) is 0 Å². The van der Waals surface area contributed by atoms with Gasteiger partial charge in [-0.2, -0.15) is 0 Å². The van der Waals surface area contributed by atoms with Gasteiger partial charge in [0.25, 0.3) is 5.91 Å². The van der Waals surface area contributed by atoms with E-state index in [2.05, 4.69) is 23.7 Å². The second-order valence-electron chi connectivity index (χ2n) is 12.5. The summed E-state index contributed by atoms with van der Waals surface area (Å²) in [6.45, 7) is 8.64. The maximum Gasteiger partial charge on any atom is 0.258 e. The molecular formula is C38H45FN2O5. The largest absolute Gasteiger partial charge is 0.356 e. The molecule has 1 aromatic heterocycles. The number of benzene rings is 3. The third-order valence-corrected chi connectivity index (χ3v) is 8.37. The minimum absolute atomic E-state index is 0.00264. The Labute approximate surface area is 271 Å². The number of rotatable bonds is 12. The Hall–Kier alpha value is -3.82. The van der Waals surface area contributed by atoms with Gasteiger partial charge in [-0.15, -0.1) is 0 Å². The van der Waals surface area contributed by atoms with E-state index in [0.717, 1.165) is 28.1 Å². The predicted octanol–water partition coefficient (Wildman–Crippen LogP) is 8.65. The molecule has 0 aliphatic carbocycles. The summed E-state index contributed by atoms with van der Waals surface area (Å²) in [5, 5.41) is 3.14. The third-order valence-electron chi connectivity index (χ3n) is 8.37. The summed E-state index contributed by atoms with van der Waals surface area (Å²) in [7, 11) is 3.25. The van der Waals surface area contributed by atoms with E-state index in [1.165, 1.54) is 12.1 Å². The molecule has 2 heterocycles. The van der Waals surface area contributed by atoms with E-state index >= 15 is 0 Å². The van der Waals surface area contributed by atoms with Crippen LogP contribution in [0.25, 0.3) is 22.4 Å². The van der Waals surface area contributed by atoms with Crippen LogP contribution < -0.4 is 5.32 Å². The minimum atomic E-state index is -0.785. The summed E-state index contributed by atoms with van der Waals surface area (Å²) in [5.41, 5.74) is 5.66. The van der Waals surface area contributed by atoms with E-state index in [0.29, 0.717) is 37.1 Å². The van der Waals surface area contributed by atoms with Crippen LogP contribution in [0.3, 0.4) is 0 Å². The molecule has 0 saturated carbocycles. The zero-order valence-electron chi connectivity index (χ0n) is 27.6. The van der Waals surface area contributed by atoms with Crippen molar-refractivity contribution in [3.05, 3.63) is 102 Å². The first-order valence-electron chi connectivity index (χ1n) is 16.0. The molecular weight excluding hydrogens is 583 g/mol. The van der Waals surface area contributed by atoms with Crippen LogP contribution in [0, 0.1) is 5.82 Å². The number of ether oxygens (including phenoxy) is 4. The topological polar surface area (TPSA) is 71.0 Å². The molecule has 7 nitrogen and oxygen atoms in total. The second kappa shape index (κ2) is 14.7. The smallest absolute Gasteiger partial charge is 0.258 e. The number of amides is 1. The van der Waals surface area contributed by atoms with Gasteiger partial charge in [0.2, 0.25) is 0 Å². The number of nitrogens with one attached hydrogen (secondary N) is 1. The van der Waals surface area contributed by atoms with Crippen molar-refractivity contribution < 1.29 is 28.1 Å². The molecule has 4 aromatic rings. The van der Waals surface area contributed by atoms with Gasteiger partial charge in [0.15, 0.2) is 12.1 Å². The molecule has 46 heavy (non-hydrogen) atoms. The molecule has 0 bridgehead atoms. The van der Waals surface area contributed by atoms with Gasteiger partial charge in [-0.3, -0.25) is 4.79 Å². The van der Waals surface area contributed by atoms with Crippen molar-refractivity contribution >= 4 is 11.6 Å². The Morgan fingerprint density at radius 1 is 0.913 bits per heavy atom. The first kappa shape index (κ1) is 33.5. The lowest BCUT2D eigenvalue weighted by molar-refractivity contribution is -0.308. The molecule has 5 rings (SSSR count). The normalized spacial score (nSPS) is 17.8. The van der Waals surface area contributed by atoms with Gasteiger partial charge in [0, 0.05) is 50.6 Å². The number of hydrogen-bond donors (Lipinski definition) is 1. The molecule has 8 heteroatoms. The fourth-order valence-electron chi connectivity index (χ4n) is 6.53. The summed E-state index contributed by atoms with van der Waals surface area (Å²) in [4.78, 5) is 14.3. The minimum Gasteiger partial charge on any atom is -0.356 e. The Morgan fingerprint density at radius 3 is 2.13 bits per heavy atom. The molecule has 1 N–H and O–H groups in total. The van der Waals surface area contributed by atoms with Crippen molar-refractivity contribution in [2.45, 2.75) is 83.7 Å². The number of halogens is 1. The van der Waals surface area contributed by atoms with E-state index in [1.807, 2.05) is 74.5 Å². The molecule has 1 amide bonds. The summed E-state index contributed by atoms with van der Waals surface area (Å²) in [5.74, 6) is -1.29. The van der Waals surface area contributed by atoms with Gasteiger partial charge >= 0.3 is 0 Å². The monoisotopic (exact) mass is 628 g/mol. The van der Waals surface area contributed by atoms with Crippen LogP contribution in [0.1, 0.15) is 68.9 Å². The van der Waals surface area contributed by atoms with Gasteiger partial charge in [-0.25, -0.2) is 4.39 Å². The fourth-order valence-corrected chi connectivity index (χ4v) is 6.53. The highest BCUT2D eigenvalue weighted by Gasteiger charge is 2.37. The number of hydrogen-bond acceptors (Lipinski definition) is 5. The molecule has 2 atom stereocenters. The van der Waals surface area contributed by atoms with Gasteiger partial charge in [0.05, 0.1) is 23.5 Å². The van der Waals surface area contributed by atoms with Crippen molar-refractivity contribution in [1.82, 2.24) is 4.57 Å². The second-order valence-corrected chi connectivity index (χ2v) is 12.5. The molecule has 0 spiro atoms. The van der Waals surface area contributed by atoms with Crippen LogP contribution in [-0.2, 0) is 25.5 Å². The van der Waals surface area contributed by atoms with Crippen LogP contribution in [0.4, 0.5) is 10.1 Å². The molecule has 2 unspecified atom stereocenters. The number of nitrogens with zero attached hydrogens (tertiary/aromatic N) is 1. The van der Waals surface area contributed by atoms with Crippen LogP contribution in [0.15, 0.2) is 84.9 Å². The maximum atomic E-state index is 14.3. The van der Waals surface area contributed by atoms with Crippen LogP contribution >= 0.6 is 0 Å². The Balaban J connectivity index is 1.62. The number of para-hydroxylation sites is 1. The van der Waals surface area contributed by atoms with Crippen LogP contribution in [0.5, 0.6) is 0 Å². The highest BCUT2D eigenvalue weighted by atomic mass is 19.1. The number of methoxy groups -OCH3 is 2. The summed E-state index contributed by atoms with van der Waals surface area (Å²) in [6.07, 6.45) is 1.32. The maximum absolute atomic E-state index is 14.3. The summed E-state index contributed by atoms with van der Waals surface area (Å²) in [6, 6.07) is 25.9. The number of carbonyl (C=O) groups is 1. The van der Waals surface area contributed by atoms with E-state index in [9.17, 15) is 9.18 Å². The summed E-state index contributed by atoms with van der Waals surface area (Å²) >= 11 is 0. The lowest BCUT2D eigenvalue weighted by atomic mass is 9.94. The molecule has 1 saturated heterocycles. The average Bonchev–Trinajstić information content (AvgIpc) is 3.39. The molecule has 3 aromatic carbocycles. The van der Waals surface area contributed by atoms with Gasteiger partial charge < -0.3 is 28.8 Å². The Morgan fingerprint density at radius 2 is 1.52 bits per heavy atom. The van der Waals surface area contributed by atoms with E-state index in [1.54, 1.807) is 26.4 Å². The van der Waals surface area contributed by atoms with Gasteiger partial charge in [-0.05, 0) is 73.7 Å². The third kappa shape index (κ3) is 7.76. The van der Waals surface area contributed by atoms with Crippen LogP contribution in [0.2, 0.25) is 0 Å². The van der Waals surface area contributed by atoms with Crippen molar-refractivity contribution in [3.8, 4) is 22.4 Å². The van der Waals surface area contributed by atoms with Crippen molar-refractivity contribution in [1.29, 1.82) is 0 Å². The van der Waals surface area contributed by atoms with Gasteiger partial charge in [0.1, 0.15) is 5.82 Å². The van der Waals surface area contributed by atoms with E-state index in [-0.39, 0.29) is 36.1 Å². The molecule has 1 aliphatic heterocycles. The quantitative estimate of drug-likeness (QED) is 0.159. The van der Waals surface area contributed by atoms with E-state index < -0.39 is 5.79 Å². The fraction of sp³-hybridized carbons (Fsp3) is 0.395. The standard InChI is InChI=1S/C38H45FN2O5/c1-25(2)35-34(37(42)40-29-15-11-8-12-16-29)33(26-13-9-7-10-14-26)36(27-17-19-28(39)20-18-27)41(35)22-21-30-23-31(24-32(43-5)44-6)46-38(3,4)45-30/h7-20,25,30-32H,21-24H2,1-6H3,(H,40,42). The Bertz CT molecular complexity index is 1580. The lowest BCUT2D eigenvalue weighted by Crippen LogP contribution is -2.46. The first-order valence-corrected chi connectivity index (χ1v) is 16.0. The molecule has 244 valence electrons. The number of aromatic nitrogens is 1. The average molecular weight is 629 g/mol. The zero-order valence-corrected chi connectivity index (χ0v) is 27.6. The first-order chi connectivity index (χ1) is 22.1. The molecule has 0 radical (unpaired) electrons. The van der Waals surface area contributed by atoms with Gasteiger partial charge in [-0.1, -0.05) is 62.4 Å². The Kier molecular flexibility index (Phi) is 10.7. The van der Waals surface area contributed by atoms with Crippen LogP contribution in [-0.4, -0.2) is 49.0 Å². The number of carbonyl (C=O) groups excluding carboxylic acids is 1. The highest BCUT2D eigenvalue weighted by molar-refractivity contribution is 6.12. The molecule has 1 aliphatic rings.